The minimum absolute atomic E-state index is 0.0653. The Kier molecular flexibility index (Phi) is 5.71. The van der Waals surface area contributed by atoms with Crippen LogP contribution in [-0.4, -0.2) is 51.2 Å². The van der Waals surface area contributed by atoms with Crippen molar-refractivity contribution in [1.82, 2.24) is 25.0 Å². The van der Waals surface area contributed by atoms with Gasteiger partial charge in [0.15, 0.2) is 0 Å². The molecule has 1 fully saturated rings. The van der Waals surface area contributed by atoms with Gasteiger partial charge in [0.2, 0.25) is 5.82 Å². The van der Waals surface area contributed by atoms with Crippen molar-refractivity contribution in [2.75, 3.05) is 19.6 Å². The van der Waals surface area contributed by atoms with E-state index in [1.807, 2.05) is 30.0 Å². The van der Waals surface area contributed by atoms with Crippen LogP contribution in [0.2, 0.25) is 0 Å². The number of hydrogen-bond donors (Lipinski definition) is 1. The molecule has 1 N–H and O–H groups in total. The maximum Gasteiger partial charge on any atom is 0.293 e. The van der Waals surface area contributed by atoms with Crippen LogP contribution in [0, 0.1) is 6.92 Å². The quantitative estimate of drug-likeness (QED) is 0.865. The van der Waals surface area contributed by atoms with Gasteiger partial charge in [-0.15, -0.1) is 5.10 Å². The molecular formula is C20H29N5O. The van der Waals surface area contributed by atoms with Gasteiger partial charge in [-0.05, 0) is 43.9 Å². The number of nitrogens with one attached hydrogen (secondary N) is 1. The third-order valence-electron chi connectivity index (χ3n) is 4.95. The van der Waals surface area contributed by atoms with Crippen LogP contribution in [0.3, 0.4) is 0 Å². The topological polar surface area (TPSA) is 63.1 Å². The molecule has 3 rings (SSSR count). The summed E-state index contributed by atoms with van der Waals surface area (Å²) in [5.41, 5.74) is 2.20. The molecule has 0 aliphatic carbocycles. The first-order valence-electron chi connectivity index (χ1n) is 9.57. The van der Waals surface area contributed by atoms with Crippen LogP contribution >= 0.6 is 0 Å². The summed E-state index contributed by atoms with van der Waals surface area (Å²) in [6.07, 6.45) is 1.92. The Balaban J connectivity index is 1.93. The molecule has 1 aromatic heterocycles. The van der Waals surface area contributed by atoms with Crippen molar-refractivity contribution in [3.05, 3.63) is 41.5 Å². The van der Waals surface area contributed by atoms with Gasteiger partial charge in [-0.3, -0.25) is 4.79 Å². The summed E-state index contributed by atoms with van der Waals surface area (Å²) >= 11 is 0. The molecule has 0 spiro atoms. The standard InChI is InChI=1S/C20H29N5O/c1-5-12-24(16-10-11-21-13-16)20(26)19-22-15(4)25(23-19)18-9-7-6-8-17(18)14(2)3/h6-9,14,16,21H,5,10-13H2,1-4H3. The summed E-state index contributed by atoms with van der Waals surface area (Å²) < 4.78 is 1.81. The van der Waals surface area contributed by atoms with E-state index in [0.29, 0.717) is 11.7 Å². The number of rotatable bonds is 6. The molecule has 1 aliphatic heterocycles. The van der Waals surface area contributed by atoms with E-state index in [2.05, 4.69) is 42.2 Å². The molecule has 1 aliphatic rings. The molecule has 0 radical (unpaired) electrons. The van der Waals surface area contributed by atoms with Crippen molar-refractivity contribution in [3.8, 4) is 5.69 Å². The monoisotopic (exact) mass is 355 g/mol. The van der Waals surface area contributed by atoms with Gasteiger partial charge in [0.1, 0.15) is 5.82 Å². The molecule has 6 heteroatoms. The zero-order valence-electron chi connectivity index (χ0n) is 16.2. The van der Waals surface area contributed by atoms with E-state index < -0.39 is 0 Å². The van der Waals surface area contributed by atoms with E-state index in [4.69, 9.17) is 0 Å². The predicted molar refractivity (Wildman–Crippen MR) is 103 cm³/mol. The van der Waals surface area contributed by atoms with Crippen molar-refractivity contribution >= 4 is 5.91 Å². The molecule has 2 heterocycles. The van der Waals surface area contributed by atoms with Crippen LogP contribution in [-0.2, 0) is 0 Å². The normalized spacial score (nSPS) is 17.0. The summed E-state index contributed by atoms with van der Waals surface area (Å²) in [7, 11) is 0. The van der Waals surface area contributed by atoms with Crippen molar-refractivity contribution in [1.29, 1.82) is 0 Å². The lowest BCUT2D eigenvalue weighted by molar-refractivity contribution is 0.0679. The number of benzene rings is 1. The van der Waals surface area contributed by atoms with E-state index >= 15 is 0 Å². The Morgan fingerprint density at radius 3 is 2.81 bits per heavy atom. The highest BCUT2D eigenvalue weighted by Crippen LogP contribution is 2.23. The summed E-state index contributed by atoms with van der Waals surface area (Å²) in [4.78, 5) is 19.5. The van der Waals surface area contributed by atoms with Crippen LogP contribution < -0.4 is 5.32 Å². The van der Waals surface area contributed by atoms with E-state index in [1.165, 1.54) is 5.56 Å². The number of nitrogens with zero attached hydrogens (tertiary/aromatic N) is 4. The van der Waals surface area contributed by atoms with Crippen LogP contribution in [0.15, 0.2) is 24.3 Å². The van der Waals surface area contributed by atoms with Gasteiger partial charge < -0.3 is 10.2 Å². The first kappa shape index (κ1) is 18.6. The maximum absolute atomic E-state index is 13.1. The minimum atomic E-state index is -0.0653. The Bertz CT molecular complexity index is 761. The minimum Gasteiger partial charge on any atom is -0.332 e. The second kappa shape index (κ2) is 7.99. The summed E-state index contributed by atoms with van der Waals surface area (Å²) in [6, 6.07) is 8.41. The summed E-state index contributed by atoms with van der Waals surface area (Å²) in [6.45, 7) is 10.9. The lowest BCUT2D eigenvalue weighted by Gasteiger charge is -2.26. The molecule has 2 aromatic rings. The van der Waals surface area contributed by atoms with Crippen LogP contribution in [0.1, 0.15) is 61.5 Å². The fourth-order valence-corrected chi connectivity index (χ4v) is 3.60. The van der Waals surface area contributed by atoms with Gasteiger partial charge in [0.05, 0.1) is 5.69 Å². The Morgan fingerprint density at radius 2 is 2.15 bits per heavy atom. The predicted octanol–water partition coefficient (Wildman–Crippen LogP) is 2.91. The number of aryl methyl sites for hydroxylation is 1. The number of aromatic nitrogens is 3. The third-order valence-corrected chi connectivity index (χ3v) is 4.95. The average Bonchev–Trinajstić information content (AvgIpc) is 3.29. The molecule has 1 saturated heterocycles. The van der Waals surface area contributed by atoms with E-state index in [0.717, 1.165) is 44.0 Å². The second-order valence-electron chi connectivity index (χ2n) is 7.25. The van der Waals surface area contributed by atoms with Crippen molar-refractivity contribution < 1.29 is 4.79 Å². The van der Waals surface area contributed by atoms with Gasteiger partial charge in [-0.25, -0.2) is 9.67 Å². The first-order valence-corrected chi connectivity index (χ1v) is 9.57. The average molecular weight is 355 g/mol. The molecule has 0 bridgehead atoms. The largest absolute Gasteiger partial charge is 0.332 e. The number of carbonyl (C=O) groups excluding carboxylic acids is 1. The number of hydrogen-bond acceptors (Lipinski definition) is 4. The highest BCUT2D eigenvalue weighted by atomic mass is 16.2. The Hall–Kier alpha value is -2.21. The van der Waals surface area contributed by atoms with E-state index in [9.17, 15) is 4.79 Å². The lowest BCUT2D eigenvalue weighted by atomic mass is 10.0. The maximum atomic E-state index is 13.1. The summed E-state index contributed by atoms with van der Waals surface area (Å²) in [5, 5.41) is 7.93. The van der Waals surface area contributed by atoms with Gasteiger partial charge in [0, 0.05) is 19.1 Å². The SMILES string of the molecule is CCCN(C(=O)c1nc(C)n(-c2ccccc2C(C)C)n1)C1CCNC1. The molecule has 6 nitrogen and oxygen atoms in total. The van der Waals surface area contributed by atoms with Crippen molar-refractivity contribution in [3.63, 3.8) is 0 Å². The fraction of sp³-hybridized carbons (Fsp3) is 0.550. The highest BCUT2D eigenvalue weighted by molar-refractivity contribution is 5.90. The molecule has 1 aromatic carbocycles. The Morgan fingerprint density at radius 1 is 1.38 bits per heavy atom. The molecule has 0 saturated carbocycles. The first-order chi connectivity index (χ1) is 12.5. The van der Waals surface area contributed by atoms with Gasteiger partial charge in [-0.1, -0.05) is 39.0 Å². The zero-order chi connectivity index (χ0) is 18.7. The van der Waals surface area contributed by atoms with E-state index in [1.54, 1.807) is 4.68 Å². The lowest BCUT2D eigenvalue weighted by Crippen LogP contribution is -2.42. The second-order valence-corrected chi connectivity index (χ2v) is 7.25. The Labute approximate surface area is 155 Å². The zero-order valence-corrected chi connectivity index (χ0v) is 16.2. The molecular weight excluding hydrogens is 326 g/mol. The number of para-hydroxylation sites is 1. The molecule has 26 heavy (non-hydrogen) atoms. The van der Waals surface area contributed by atoms with Crippen molar-refractivity contribution in [2.24, 2.45) is 0 Å². The number of amides is 1. The number of carbonyl (C=O) groups is 1. The molecule has 1 atom stereocenters. The third kappa shape index (κ3) is 3.65. The van der Waals surface area contributed by atoms with Gasteiger partial charge >= 0.3 is 0 Å². The van der Waals surface area contributed by atoms with Crippen LogP contribution in [0.5, 0.6) is 0 Å². The molecule has 1 unspecified atom stereocenters. The van der Waals surface area contributed by atoms with Crippen LogP contribution in [0.25, 0.3) is 5.69 Å². The van der Waals surface area contributed by atoms with Gasteiger partial charge in [-0.2, -0.15) is 0 Å². The molecule has 1 amide bonds. The molecule has 140 valence electrons. The highest BCUT2D eigenvalue weighted by Gasteiger charge is 2.29. The van der Waals surface area contributed by atoms with Gasteiger partial charge in [0.25, 0.3) is 5.91 Å². The summed E-state index contributed by atoms with van der Waals surface area (Å²) in [5.74, 6) is 1.34. The van der Waals surface area contributed by atoms with Crippen LogP contribution in [0.4, 0.5) is 0 Å². The van der Waals surface area contributed by atoms with E-state index in [-0.39, 0.29) is 11.9 Å². The van der Waals surface area contributed by atoms with Crippen molar-refractivity contribution in [2.45, 2.75) is 52.5 Å². The smallest absolute Gasteiger partial charge is 0.293 e. The fourth-order valence-electron chi connectivity index (χ4n) is 3.60.